The third-order valence-corrected chi connectivity index (χ3v) is 1.25. The fourth-order valence-corrected chi connectivity index (χ4v) is 0.695. The van der Waals surface area contributed by atoms with Crippen LogP contribution in [0.2, 0.25) is 0 Å². The maximum absolute atomic E-state index is 7.00. The largest absolute Gasteiger partial charge is 0.398 e. The van der Waals surface area contributed by atoms with E-state index in [-0.39, 0.29) is 6.54 Å². The van der Waals surface area contributed by atoms with Gasteiger partial charge >= 0.3 is 0 Å². The summed E-state index contributed by atoms with van der Waals surface area (Å²) in [6.07, 6.45) is 0. The van der Waals surface area contributed by atoms with Gasteiger partial charge in [-0.05, 0) is 11.6 Å². The van der Waals surface area contributed by atoms with Gasteiger partial charge in [0, 0.05) is 12.2 Å². The number of hydrogen-bond acceptors (Lipinski definition) is 1. The van der Waals surface area contributed by atoms with E-state index in [1.165, 1.54) is 0 Å². The molecule has 0 fully saturated rings. The van der Waals surface area contributed by atoms with E-state index in [9.17, 15) is 0 Å². The van der Waals surface area contributed by atoms with Crippen molar-refractivity contribution in [2.45, 2.75) is 6.54 Å². The van der Waals surface area contributed by atoms with E-state index < -0.39 is 0 Å². The Kier molecular flexibility index (Phi) is 1.70. The number of nitrogens with two attached hydrogens (primary N) is 1. The zero-order valence-corrected chi connectivity index (χ0v) is 5.09. The van der Waals surface area contributed by atoms with Crippen molar-refractivity contribution in [3.63, 3.8) is 0 Å². The summed E-state index contributed by atoms with van der Waals surface area (Å²) < 4.78 is 0. The highest BCUT2D eigenvalue weighted by Gasteiger charge is 1.91. The molecular formula is C7H9N2. The van der Waals surface area contributed by atoms with E-state index in [4.69, 9.17) is 11.5 Å². The molecule has 0 saturated heterocycles. The van der Waals surface area contributed by atoms with Gasteiger partial charge in [-0.3, -0.25) is 5.73 Å². The van der Waals surface area contributed by atoms with Gasteiger partial charge in [0.15, 0.2) is 0 Å². The topological polar surface area (TPSA) is 49.8 Å². The van der Waals surface area contributed by atoms with Gasteiger partial charge in [-0.15, -0.1) is 0 Å². The van der Waals surface area contributed by atoms with E-state index in [1.807, 2.05) is 24.3 Å². The van der Waals surface area contributed by atoms with Crippen LogP contribution in [0.3, 0.4) is 0 Å². The first kappa shape index (κ1) is 6.11. The first-order valence-electron chi connectivity index (χ1n) is 2.82. The van der Waals surface area contributed by atoms with Crippen molar-refractivity contribution in [2.24, 2.45) is 0 Å². The monoisotopic (exact) mass is 121 g/mol. The van der Waals surface area contributed by atoms with Gasteiger partial charge in [0.1, 0.15) is 0 Å². The quantitative estimate of drug-likeness (QED) is 0.555. The molecule has 0 bridgehead atoms. The Labute approximate surface area is 54.5 Å². The Bertz CT molecular complexity index is 196. The molecule has 0 unspecified atom stereocenters. The molecule has 1 aromatic rings. The number of benzene rings is 1. The molecule has 1 rings (SSSR count). The zero-order valence-electron chi connectivity index (χ0n) is 5.09. The molecule has 0 saturated carbocycles. The second kappa shape index (κ2) is 2.51. The van der Waals surface area contributed by atoms with Crippen LogP contribution in [0.25, 0.3) is 0 Å². The van der Waals surface area contributed by atoms with E-state index in [0.717, 1.165) is 5.56 Å². The number of anilines is 1. The summed E-state index contributed by atoms with van der Waals surface area (Å²) in [5.74, 6) is 0. The van der Waals surface area contributed by atoms with E-state index in [0.29, 0.717) is 5.69 Å². The summed E-state index contributed by atoms with van der Waals surface area (Å²) in [5.41, 5.74) is 14.1. The average molecular weight is 121 g/mol. The van der Waals surface area contributed by atoms with Crippen molar-refractivity contribution in [1.29, 1.82) is 0 Å². The smallest absolute Gasteiger partial charge is 0.0371 e. The maximum atomic E-state index is 7.00. The highest BCUT2D eigenvalue weighted by molar-refractivity contribution is 5.45. The molecule has 0 amide bonds. The Balaban J connectivity index is 3.01. The Morgan fingerprint density at radius 3 is 2.44 bits per heavy atom. The molecule has 0 spiro atoms. The summed E-state index contributed by atoms with van der Waals surface area (Å²) in [7, 11) is 0. The molecule has 3 N–H and O–H groups in total. The second-order valence-corrected chi connectivity index (χ2v) is 1.88. The lowest BCUT2D eigenvalue weighted by Gasteiger charge is -1.97. The summed E-state index contributed by atoms with van der Waals surface area (Å²) in [6.45, 7) is 0.271. The Morgan fingerprint density at radius 1 is 1.33 bits per heavy atom. The van der Waals surface area contributed by atoms with E-state index in [1.54, 1.807) is 0 Å². The first-order chi connectivity index (χ1) is 4.34. The molecule has 0 atom stereocenters. The molecule has 9 heavy (non-hydrogen) atoms. The lowest BCUT2D eigenvalue weighted by molar-refractivity contribution is 1.03. The first-order valence-corrected chi connectivity index (χ1v) is 2.82. The molecule has 0 aliphatic heterocycles. The van der Waals surface area contributed by atoms with E-state index in [2.05, 4.69) is 0 Å². The van der Waals surface area contributed by atoms with Crippen LogP contribution in [0.5, 0.6) is 0 Å². The molecule has 1 radical (unpaired) electrons. The average Bonchev–Trinajstić information content (AvgIpc) is 1.89. The van der Waals surface area contributed by atoms with Gasteiger partial charge in [-0.25, -0.2) is 0 Å². The van der Waals surface area contributed by atoms with Crippen LogP contribution in [0.4, 0.5) is 5.69 Å². The minimum absolute atomic E-state index is 0.271. The predicted molar refractivity (Wildman–Crippen MR) is 37.7 cm³/mol. The number of para-hydroxylation sites is 1. The van der Waals surface area contributed by atoms with Gasteiger partial charge in [0.2, 0.25) is 0 Å². The van der Waals surface area contributed by atoms with Gasteiger partial charge in [-0.1, -0.05) is 18.2 Å². The third-order valence-electron chi connectivity index (χ3n) is 1.25. The van der Waals surface area contributed by atoms with Gasteiger partial charge < -0.3 is 5.73 Å². The second-order valence-electron chi connectivity index (χ2n) is 1.88. The zero-order chi connectivity index (χ0) is 6.69. The van der Waals surface area contributed by atoms with Crippen molar-refractivity contribution >= 4 is 5.69 Å². The van der Waals surface area contributed by atoms with Gasteiger partial charge in [0.05, 0.1) is 0 Å². The van der Waals surface area contributed by atoms with Crippen LogP contribution in [0.15, 0.2) is 24.3 Å². The molecule has 0 aliphatic carbocycles. The number of rotatable bonds is 1. The van der Waals surface area contributed by atoms with Gasteiger partial charge in [-0.2, -0.15) is 0 Å². The summed E-state index contributed by atoms with van der Waals surface area (Å²) in [4.78, 5) is 0. The maximum Gasteiger partial charge on any atom is 0.0371 e. The number of hydrogen-bond donors (Lipinski definition) is 1. The molecule has 1 aromatic carbocycles. The van der Waals surface area contributed by atoms with Crippen molar-refractivity contribution < 1.29 is 0 Å². The molecule has 0 aliphatic rings. The highest BCUT2D eigenvalue weighted by atomic mass is 14.6. The predicted octanol–water partition coefficient (Wildman–Crippen LogP) is 1.05. The normalized spacial score (nSPS) is 9.44. The molecule has 2 nitrogen and oxygen atoms in total. The van der Waals surface area contributed by atoms with Crippen molar-refractivity contribution in [3.8, 4) is 0 Å². The highest BCUT2D eigenvalue weighted by Crippen LogP contribution is 2.08. The minimum atomic E-state index is 0.271. The minimum Gasteiger partial charge on any atom is -0.398 e. The van der Waals surface area contributed by atoms with Crippen LogP contribution in [0, 0.1) is 0 Å². The lowest BCUT2D eigenvalue weighted by atomic mass is 10.2. The molecule has 47 valence electrons. The van der Waals surface area contributed by atoms with E-state index >= 15 is 0 Å². The summed E-state index contributed by atoms with van der Waals surface area (Å²) in [6, 6.07) is 7.43. The fraction of sp³-hybridized carbons (Fsp3) is 0.143. The Hall–Kier alpha value is -1.02. The Morgan fingerprint density at radius 2 is 2.00 bits per heavy atom. The standard InChI is InChI=1S/C7H9N2/c8-5-6-3-1-2-4-7(6)9/h1-4,8H,5,9H2. The van der Waals surface area contributed by atoms with Crippen LogP contribution in [-0.2, 0) is 6.54 Å². The molecule has 0 heterocycles. The van der Waals surface area contributed by atoms with Crippen molar-refractivity contribution in [1.82, 2.24) is 5.73 Å². The van der Waals surface area contributed by atoms with Crippen molar-refractivity contribution in [3.05, 3.63) is 29.8 Å². The van der Waals surface area contributed by atoms with Crippen LogP contribution in [0.1, 0.15) is 5.56 Å². The lowest BCUT2D eigenvalue weighted by Crippen LogP contribution is -1.92. The van der Waals surface area contributed by atoms with Crippen LogP contribution in [-0.4, -0.2) is 0 Å². The summed E-state index contributed by atoms with van der Waals surface area (Å²) in [5, 5.41) is 0. The SMILES string of the molecule is [NH]Cc1ccccc1N. The third kappa shape index (κ3) is 1.21. The molecular weight excluding hydrogens is 112 g/mol. The fourth-order valence-electron chi connectivity index (χ4n) is 0.695. The van der Waals surface area contributed by atoms with Crippen molar-refractivity contribution in [2.75, 3.05) is 5.73 Å². The molecule has 0 aromatic heterocycles. The van der Waals surface area contributed by atoms with Gasteiger partial charge in [0.25, 0.3) is 0 Å². The van der Waals surface area contributed by atoms with Crippen LogP contribution >= 0.6 is 0 Å². The molecule has 2 heteroatoms. The number of nitrogen functional groups attached to an aromatic ring is 1. The van der Waals surface area contributed by atoms with Crippen LogP contribution < -0.4 is 11.5 Å². The number of nitrogens with one attached hydrogen (secondary N) is 1. The summed E-state index contributed by atoms with van der Waals surface area (Å²) >= 11 is 0.